The van der Waals surface area contributed by atoms with Gasteiger partial charge in [0.15, 0.2) is 0 Å². The Morgan fingerprint density at radius 3 is 2.64 bits per heavy atom. The predicted molar refractivity (Wildman–Crippen MR) is 81.8 cm³/mol. The smallest absolute Gasteiger partial charge is 0.255 e. The summed E-state index contributed by atoms with van der Waals surface area (Å²) in [4.78, 5) is 32.1. The summed E-state index contributed by atoms with van der Waals surface area (Å²) in [7, 11) is 3.88. The van der Waals surface area contributed by atoms with E-state index in [0.29, 0.717) is 44.0 Å². The highest BCUT2D eigenvalue weighted by Gasteiger charge is 2.19. The van der Waals surface area contributed by atoms with E-state index in [-0.39, 0.29) is 11.8 Å². The summed E-state index contributed by atoms with van der Waals surface area (Å²) in [6.45, 7) is 3.53. The summed E-state index contributed by atoms with van der Waals surface area (Å²) in [5.41, 5.74) is 0.833. The van der Waals surface area contributed by atoms with Crippen molar-refractivity contribution in [2.24, 2.45) is 0 Å². The third-order valence-corrected chi connectivity index (χ3v) is 3.39. The largest absolute Gasteiger partial charge is 0.378 e. The Hall–Kier alpha value is -1.99. The zero-order chi connectivity index (χ0) is 15.9. The lowest BCUT2D eigenvalue weighted by Crippen LogP contribution is -2.40. The summed E-state index contributed by atoms with van der Waals surface area (Å²) >= 11 is 0. The number of hydrogen-bond acceptors (Lipinski definition) is 5. The summed E-state index contributed by atoms with van der Waals surface area (Å²) in [5, 5.41) is 2.81. The van der Waals surface area contributed by atoms with Crippen LogP contribution >= 0.6 is 0 Å². The van der Waals surface area contributed by atoms with Crippen molar-refractivity contribution in [3.63, 3.8) is 0 Å². The zero-order valence-electron chi connectivity index (χ0n) is 13.0. The monoisotopic (exact) mass is 306 g/mol. The third-order valence-electron chi connectivity index (χ3n) is 3.39. The van der Waals surface area contributed by atoms with Gasteiger partial charge in [0.05, 0.1) is 24.3 Å². The molecule has 1 saturated heterocycles. The minimum atomic E-state index is -0.217. The number of amides is 2. The highest BCUT2D eigenvalue weighted by molar-refractivity contribution is 5.99. The molecule has 1 aliphatic rings. The molecule has 0 saturated carbocycles. The highest BCUT2D eigenvalue weighted by atomic mass is 16.5. The van der Waals surface area contributed by atoms with Crippen LogP contribution in [0.1, 0.15) is 20.7 Å². The number of ether oxygens (including phenoxy) is 1. The predicted octanol–water partition coefficient (Wildman–Crippen LogP) is -0.155. The standard InChI is InChI=1S/C15H22N4O3/c1-18(2)4-3-17-14(20)12-9-13(11-16-10-12)15(21)19-5-7-22-8-6-19/h9-11H,3-8H2,1-2H3,(H,17,20). The fourth-order valence-corrected chi connectivity index (χ4v) is 2.13. The fourth-order valence-electron chi connectivity index (χ4n) is 2.13. The van der Waals surface area contributed by atoms with Crippen LogP contribution in [0, 0.1) is 0 Å². The Morgan fingerprint density at radius 2 is 1.95 bits per heavy atom. The van der Waals surface area contributed by atoms with E-state index < -0.39 is 0 Å². The minimum absolute atomic E-state index is 0.112. The summed E-state index contributed by atoms with van der Waals surface area (Å²) < 4.78 is 5.23. The maximum Gasteiger partial charge on any atom is 0.255 e. The van der Waals surface area contributed by atoms with Crippen molar-refractivity contribution in [3.05, 3.63) is 29.6 Å². The lowest BCUT2D eigenvalue weighted by Gasteiger charge is -2.26. The zero-order valence-corrected chi connectivity index (χ0v) is 13.0. The van der Waals surface area contributed by atoms with Crippen molar-refractivity contribution in [1.82, 2.24) is 20.1 Å². The first-order chi connectivity index (χ1) is 10.6. The highest BCUT2D eigenvalue weighted by Crippen LogP contribution is 2.08. The van der Waals surface area contributed by atoms with E-state index >= 15 is 0 Å². The molecule has 0 spiro atoms. The number of aromatic nitrogens is 1. The van der Waals surface area contributed by atoms with Crippen LogP contribution < -0.4 is 5.32 Å². The van der Waals surface area contributed by atoms with Gasteiger partial charge in [-0.15, -0.1) is 0 Å². The van der Waals surface area contributed by atoms with Crippen LogP contribution in [0.5, 0.6) is 0 Å². The molecule has 1 aromatic rings. The van der Waals surface area contributed by atoms with Gasteiger partial charge in [-0.05, 0) is 20.2 Å². The second-order valence-electron chi connectivity index (χ2n) is 5.43. The van der Waals surface area contributed by atoms with Gasteiger partial charge >= 0.3 is 0 Å². The van der Waals surface area contributed by atoms with Crippen LogP contribution in [0.25, 0.3) is 0 Å². The van der Waals surface area contributed by atoms with Gasteiger partial charge in [0.25, 0.3) is 11.8 Å². The van der Waals surface area contributed by atoms with Crippen LogP contribution in [0.3, 0.4) is 0 Å². The molecule has 1 aromatic heterocycles. The second kappa shape index (κ2) is 7.86. The van der Waals surface area contributed by atoms with Crippen molar-refractivity contribution in [2.45, 2.75) is 0 Å². The molecule has 22 heavy (non-hydrogen) atoms. The summed E-state index contributed by atoms with van der Waals surface area (Å²) in [5.74, 6) is -0.329. The molecule has 1 fully saturated rings. The molecule has 0 radical (unpaired) electrons. The maximum atomic E-state index is 12.4. The van der Waals surface area contributed by atoms with Gasteiger partial charge in [-0.1, -0.05) is 0 Å². The molecule has 0 unspecified atom stereocenters. The lowest BCUT2D eigenvalue weighted by molar-refractivity contribution is 0.0302. The van der Waals surface area contributed by atoms with Gasteiger partial charge in [0, 0.05) is 38.6 Å². The molecule has 0 atom stereocenters. The van der Waals surface area contributed by atoms with E-state index in [0.717, 1.165) is 6.54 Å². The quantitative estimate of drug-likeness (QED) is 0.818. The van der Waals surface area contributed by atoms with Crippen molar-refractivity contribution in [3.8, 4) is 0 Å². The SMILES string of the molecule is CN(C)CCNC(=O)c1cncc(C(=O)N2CCOCC2)c1. The number of morpholine rings is 1. The molecule has 0 aliphatic carbocycles. The molecule has 1 aliphatic heterocycles. The van der Waals surface area contributed by atoms with E-state index in [4.69, 9.17) is 4.74 Å². The van der Waals surface area contributed by atoms with E-state index in [1.807, 2.05) is 19.0 Å². The third kappa shape index (κ3) is 4.51. The van der Waals surface area contributed by atoms with Crippen LogP contribution in [0.15, 0.2) is 18.5 Å². The number of rotatable bonds is 5. The molecular weight excluding hydrogens is 284 g/mol. The first kappa shape index (κ1) is 16.4. The van der Waals surface area contributed by atoms with Gasteiger partial charge in [0.2, 0.25) is 0 Å². The number of carbonyl (C=O) groups is 2. The molecule has 7 nitrogen and oxygen atoms in total. The van der Waals surface area contributed by atoms with E-state index in [2.05, 4.69) is 10.3 Å². The number of carbonyl (C=O) groups excluding carboxylic acids is 2. The maximum absolute atomic E-state index is 12.4. The average Bonchev–Trinajstić information content (AvgIpc) is 2.54. The Bertz CT molecular complexity index is 527. The molecular formula is C15H22N4O3. The number of nitrogens with zero attached hydrogens (tertiary/aromatic N) is 3. The normalized spacial score (nSPS) is 15.0. The van der Waals surface area contributed by atoms with E-state index in [9.17, 15) is 9.59 Å². The van der Waals surface area contributed by atoms with Gasteiger partial charge < -0.3 is 19.9 Å². The average molecular weight is 306 g/mol. The van der Waals surface area contributed by atoms with Gasteiger partial charge in [0.1, 0.15) is 0 Å². The van der Waals surface area contributed by atoms with Crippen molar-refractivity contribution in [2.75, 3.05) is 53.5 Å². The summed E-state index contributed by atoms with van der Waals surface area (Å²) in [6, 6.07) is 1.59. The van der Waals surface area contributed by atoms with Crippen molar-refractivity contribution in [1.29, 1.82) is 0 Å². The van der Waals surface area contributed by atoms with Crippen molar-refractivity contribution >= 4 is 11.8 Å². The van der Waals surface area contributed by atoms with Crippen LogP contribution in [0.4, 0.5) is 0 Å². The molecule has 120 valence electrons. The summed E-state index contributed by atoms with van der Waals surface area (Å²) in [6.07, 6.45) is 2.97. The molecule has 1 N–H and O–H groups in total. The molecule has 0 aromatic carbocycles. The Balaban J connectivity index is 1.99. The Morgan fingerprint density at radius 1 is 1.27 bits per heavy atom. The topological polar surface area (TPSA) is 74.8 Å². The van der Waals surface area contributed by atoms with Gasteiger partial charge in [-0.3, -0.25) is 14.6 Å². The van der Waals surface area contributed by atoms with E-state index in [1.165, 1.54) is 12.4 Å². The fraction of sp³-hybridized carbons (Fsp3) is 0.533. The van der Waals surface area contributed by atoms with E-state index in [1.54, 1.807) is 11.0 Å². The van der Waals surface area contributed by atoms with Gasteiger partial charge in [-0.25, -0.2) is 0 Å². The Kier molecular flexibility index (Phi) is 5.85. The van der Waals surface area contributed by atoms with Gasteiger partial charge in [-0.2, -0.15) is 0 Å². The second-order valence-corrected chi connectivity index (χ2v) is 5.43. The molecule has 7 heteroatoms. The number of nitrogens with one attached hydrogen (secondary N) is 1. The molecule has 2 heterocycles. The lowest BCUT2D eigenvalue weighted by atomic mass is 10.1. The van der Waals surface area contributed by atoms with Crippen molar-refractivity contribution < 1.29 is 14.3 Å². The number of pyridine rings is 1. The molecule has 0 bridgehead atoms. The van der Waals surface area contributed by atoms with Crippen LogP contribution in [-0.2, 0) is 4.74 Å². The minimum Gasteiger partial charge on any atom is -0.378 e. The van der Waals surface area contributed by atoms with Crippen LogP contribution in [-0.4, -0.2) is 80.1 Å². The van der Waals surface area contributed by atoms with Crippen LogP contribution in [0.2, 0.25) is 0 Å². The number of likely N-dealkylation sites (N-methyl/N-ethyl adjacent to an activating group) is 1. The first-order valence-corrected chi connectivity index (χ1v) is 7.33. The molecule has 2 amide bonds. The number of hydrogen-bond donors (Lipinski definition) is 1. The first-order valence-electron chi connectivity index (χ1n) is 7.33. The Labute approximate surface area is 130 Å². The molecule has 2 rings (SSSR count).